The summed E-state index contributed by atoms with van der Waals surface area (Å²) in [5, 5.41) is 0.212. The molecule has 26 heavy (non-hydrogen) atoms. The molecule has 1 amide bonds. The van der Waals surface area contributed by atoms with Crippen LogP contribution in [0.5, 0.6) is 0 Å². The Morgan fingerprint density at radius 3 is 2.27 bits per heavy atom. The van der Waals surface area contributed by atoms with E-state index >= 15 is 0 Å². The number of carbonyl (C=O) groups is 1. The summed E-state index contributed by atoms with van der Waals surface area (Å²) in [6.07, 6.45) is -0.142. The average Bonchev–Trinajstić information content (AvgIpc) is 2.65. The van der Waals surface area contributed by atoms with Gasteiger partial charge in [0.1, 0.15) is 5.82 Å². The molecule has 0 N–H and O–H groups in total. The Balaban J connectivity index is 1.64. The van der Waals surface area contributed by atoms with E-state index in [1.165, 1.54) is 22.5 Å². The van der Waals surface area contributed by atoms with Gasteiger partial charge in [-0.25, -0.2) is 12.8 Å². The fraction of sp³-hybridized carbons (Fsp3) is 0.278. The molecule has 5 nitrogen and oxygen atoms in total. The van der Waals surface area contributed by atoms with Crippen molar-refractivity contribution in [1.29, 1.82) is 0 Å². The summed E-state index contributed by atoms with van der Waals surface area (Å²) < 4.78 is 40.4. The van der Waals surface area contributed by atoms with Crippen LogP contribution in [0.3, 0.4) is 0 Å². The van der Waals surface area contributed by atoms with Crippen LogP contribution in [0.1, 0.15) is 5.56 Å². The van der Waals surface area contributed by atoms with Crippen molar-refractivity contribution in [3.8, 4) is 0 Å². The van der Waals surface area contributed by atoms with Gasteiger partial charge in [-0.2, -0.15) is 4.31 Å². The molecule has 0 aromatic heterocycles. The number of hydrogen-bond acceptors (Lipinski definition) is 3. The van der Waals surface area contributed by atoms with Crippen molar-refractivity contribution in [2.24, 2.45) is 0 Å². The molecule has 8 heteroatoms. The van der Waals surface area contributed by atoms with Crippen molar-refractivity contribution in [2.75, 3.05) is 26.2 Å². The van der Waals surface area contributed by atoms with Gasteiger partial charge in [0, 0.05) is 36.8 Å². The Kier molecular flexibility index (Phi) is 5.60. The lowest BCUT2D eigenvalue weighted by Gasteiger charge is -2.34. The highest BCUT2D eigenvalue weighted by Crippen LogP contribution is 2.21. The number of nitrogens with zero attached hydrogens (tertiary/aromatic N) is 2. The van der Waals surface area contributed by atoms with Gasteiger partial charge in [-0.15, -0.1) is 0 Å². The molecule has 0 saturated carbocycles. The zero-order chi connectivity index (χ0) is 18.7. The Morgan fingerprint density at radius 2 is 1.65 bits per heavy atom. The number of hydrogen-bond donors (Lipinski definition) is 0. The van der Waals surface area contributed by atoms with Gasteiger partial charge in [-0.05, 0) is 24.3 Å². The molecule has 0 bridgehead atoms. The van der Waals surface area contributed by atoms with E-state index < -0.39 is 15.8 Å². The zero-order valence-corrected chi connectivity index (χ0v) is 15.5. The molecule has 1 saturated heterocycles. The van der Waals surface area contributed by atoms with E-state index in [0.29, 0.717) is 0 Å². The summed E-state index contributed by atoms with van der Waals surface area (Å²) >= 11 is 5.97. The molecule has 1 heterocycles. The Morgan fingerprint density at radius 1 is 1.00 bits per heavy atom. The van der Waals surface area contributed by atoms with Gasteiger partial charge in [0.15, 0.2) is 0 Å². The van der Waals surface area contributed by atoms with E-state index in [2.05, 4.69) is 0 Å². The molecule has 138 valence electrons. The molecule has 1 aliphatic heterocycles. The van der Waals surface area contributed by atoms with E-state index in [4.69, 9.17) is 11.6 Å². The fourth-order valence-corrected chi connectivity index (χ4v) is 4.56. The summed E-state index contributed by atoms with van der Waals surface area (Å²) in [6.45, 7) is 0.926. The van der Waals surface area contributed by atoms with Crippen LogP contribution in [0.4, 0.5) is 4.39 Å². The number of amides is 1. The first-order chi connectivity index (χ1) is 12.4. The van der Waals surface area contributed by atoms with Crippen LogP contribution in [-0.2, 0) is 21.2 Å². The lowest BCUT2D eigenvalue weighted by Crippen LogP contribution is -2.50. The normalized spacial score (nSPS) is 15.8. The predicted octanol–water partition coefficient (Wildman–Crippen LogP) is 2.55. The standard InChI is InChI=1S/C18H18ClFN2O3S/c19-16-7-4-8-17(20)15(16)13-18(23)21-9-11-22(12-10-21)26(24,25)14-5-2-1-3-6-14/h1-8H,9-13H2. The number of piperazine rings is 1. The maximum atomic E-state index is 13.8. The molecular weight excluding hydrogens is 379 g/mol. The minimum absolute atomic E-state index is 0.142. The number of benzene rings is 2. The first kappa shape index (κ1) is 18.8. The van der Waals surface area contributed by atoms with Crippen LogP contribution in [0.25, 0.3) is 0 Å². The van der Waals surface area contributed by atoms with E-state index in [1.807, 2.05) is 0 Å². The van der Waals surface area contributed by atoms with E-state index in [0.717, 1.165) is 0 Å². The first-order valence-corrected chi connectivity index (χ1v) is 9.97. The molecule has 0 spiro atoms. The third kappa shape index (κ3) is 3.90. The molecule has 0 unspecified atom stereocenters. The Labute approximate surface area is 157 Å². The quantitative estimate of drug-likeness (QED) is 0.798. The van der Waals surface area contributed by atoms with Gasteiger partial charge < -0.3 is 4.90 Å². The summed E-state index contributed by atoms with van der Waals surface area (Å²) in [5.41, 5.74) is 0.165. The monoisotopic (exact) mass is 396 g/mol. The van der Waals surface area contributed by atoms with E-state index in [-0.39, 0.29) is 54.0 Å². The summed E-state index contributed by atoms with van der Waals surface area (Å²) in [6, 6.07) is 12.5. The summed E-state index contributed by atoms with van der Waals surface area (Å²) in [5.74, 6) is -0.787. The van der Waals surface area contributed by atoms with Crippen LogP contribution in [0.15, 0.2) is 53.4 Å². The van der Waals surface area contributed by atoms with Crippen LogP contribution < -0.4 is 0 Å². The summed E-state index contributed by atoms with van der Waals surface area (Å²) in [4.78, 5) is 14.2. The zero-order valence-electron chi connectivity index (χ0n) is 13.9. The van der Waals surface area contributed by atoms with Crippen molar-refractivity contribution < 1.29 is 17.6 Å². The molecule has 1 aliphatic rings. The van der Waals surface area contributed by atoms with Crippen LogP contribution >= 0.6 is 11.6 Å². The average molecular weight is 397 g/mol. The van der Waals surface area contributed by atoms with E-state index in [9.17, 15) is 17.6 Å². The predicted molar refractivity (Wildman–Crippen MR) is 96.9 cm³/mol. The second-order valence-corrected chi connectivity index (χ2v) is 8.32. The van der Waals surface area contributed by atoms with Crippen molar-refractivity contribution in [3.63, 3.8) is 0 Å². The Hall–Kier alpha value is -1.96. The van der Waals surface area contributed by atoms with Crippen molar-refractivity contribution >= 4 is 27.5 Å². The van der Waals surface area contributed by atoms with Crippen LogP contribution in [0, 0.1) is 5.82 Å². The van der Waals surface area contributed by atoms with Gasteiger partial charge in [0.2, 0.25) is 15.9 Å². The largest absolute Gasteiger partial charge is 0.340 e. The molecule has 2 aromatic carbocycles. The highest BCUT2D eigenvalue weighted by Gasteiger charge is 2.30. The minimum Gasteiger partial charge on any atom is -0.340 e. The van der Waals surface area contributed by atoms with Crippen molar-refractivity contribution in [3.05, 3.63) is 64.9 Å². The number of carbonyl (C=O) groups excluding carboxylic acids is 1. The summed E-state index contributed by atoms with van der Waals surface area (Å²) in [7, 11) is -3.57. The molecule has 0 radical (unpaired) electrons. The SMILES string of the molecule is O=C(Cc1c(F)cccc1Cl)N1CCN(S(=O)(=O)c2ccccc2)CC1. The second-order valence-electron chi connectivity index (χ2n) is 5.97. The first-order valence-electron chi connectivity index (χ1n) is 8.15. The van der Waals surface area contributed by atoms with E-state index in [1.54, 1.807) is 35.2 Å². The lowest BCUT2D eigenvalue weighted by molar-refractivity contribution is -0.131. The molecule has 0 aliphatic carbocycles. The molecular formula is C18H18ClFN2O3S. The molecule has 3 rings (SSSR count). The number of rotatable bonds is 4. The van der Waals surface area contributed by atoms with Crippen LogP contribution in [0.2, 0.25) is 5.02 Å². The molecule has 0 atom stereocenters. The van der Waals surface area contributed by atoms with Gasteiger partial charge in [0.25, 0.3) is 0 Å². The number of halogens is 2. The van der Waals surface area contributed by atoms with Gasteiger partial charge in [0.05, 0.1) is 11.3 Å². The lowest BCUT2D eigenvalue weighted by atomic mass is 10.1. The molecule has 1 fully saturated rings. The van der Waals surface area contributed by atoms with Gasteiger partial charge >= 0.3 is 0 Å². The van der Waals surface area contributed by atoms with Gasteiger partial charge in [-0.3, -0.25) is 4.79 Å². The van der Waals surface area contributed by atoms with Crippen molar-refractivity contribution in [1.82, 2.24) is 9.21 Å². The van der Waals surface area contributed by atoms with Gasteiger partial charge in [-0.1, -0.05) is 35.9 Å². The second kappa shape index (κ2) is 7.73. The van der Waals surface area contributed by atoms with Crippen molar-refractivity contribution in [2.45, 2.75) is 11.3 Å². The van der Waals surface area contributed by atoms with Crippen LogP contribution in [-0.4, -0.2) is 49.7 Å². The molecule has 2 aromatic rings. The smallest absolute Gasteiger partial charge is 0.243 e. The third-order valence-corrected chi connectivity index (χ3v) is 6.63. The highest BCUT2D eigenvalue weighted by molar-refractivity contribution is 7.89. The fourth-order valence-electron chi connectivity index (χ4n) is 2.88. The number of sulfonamides is 1. The third-order valence-electron chi connectivity index (χ3n) is 4.36. The highest BCUT2D eigenvalue weighted by atomic mass is 35.5. The Bertz CT molecular complexity index is 878. The maximum Gasteiger partial charge on any atom is 0.243 e. The topological polar surface area (TPSA) is 57.7 Å². The minimum atomic E-state index is -3.57. The maximum absolute atomic E-state index is 13.8.